The van der Waals surface area contributed by atoms with Crippen LogP contribution in [0.25, 0.3) is 11.4 Å². The highest BCUT2D eigenvalue weighted by Crippen LogP contribution is 2.24. The second kappa shape index (κ2) is 8.26. The fraction of sp³-hybridized carbons (Fsp3) is 0.176. The minimum absolute atomic E-state index is 0.124. The van der Waals surface area contributed by atoms with E-state index in [1.54, 1.807) is 43.5 Å². The second-order valence-electron chi connectivity index (χ2n) is 5.57. The lowest BCUT2D eigenvalue weighted by atomic mass is 10.2. The Labute approximate surface area is 166 Å². The summed E-state index contributed by atoms with van der Waals surface area (Å²) in [6.45, 7) is -0.124. The molecule has 0 spiro atoms. The lowest BCUT2D eigenvalue weighted by Crippen LogP contribution is -2.24. The van der Waals surface area contributed by atoms with Crippen LogP contribution >= 0.6 is 23.2 Å². The molecule has 0 saturated carbocycles. The van der Waals surface area contributed by atoms with E-state index in [1.807, 2.05) is 0 Å². The molecular weight excluding hydrogens is 413 g/mol. The van der Waals surface area contributed by atoms with Crippen molar-refractivity contribution in [3.63, 3.8) is 0 Å². The predicted molar refractivity (Wildman–Crippen MR) is 102 cm³/mol. The summed E-state index contributed by atoms with van der Waals surface area (Å²) >= 11 is 11.7. The predicted octanol–water partition coefficient (Wildman–Crippen LogP) is 3.67. The van der Waals surface area contributed by atoms with Crippen molar-refractivity contribution >= 4 is 33.2 Å². The zero-order valence-electron chi connectivity index (χ0n) is 14.1. The molecular formula is C17H15Cl2N3O4S. The largest absolute Gasteiger partial charge is 0.497 e. The number of sulfonamides is 1. The SMILES string of the molecule is COc1cccc(-c2noc(CNS(=O)(=O)Cc3ccc(Cl)c(Cl)c3)n2)c1. The number of nitrogens with zero attached hydrogens (tertiary/aromatic N) is 2. The van der Waals surface area contributed by atoms with E-state index in [2.05, 4.69) is 14.9 Å². The first-order chi connectivity index (χ1) is 12.9. The number of methoxy groups -OCH3 is 1. The first kappa shape index (κ1) is 19.6. The molecule has 0 fully saturated rings. The fourth-order valence-corrected chi connectivity index (χ4v) is 3.66. The molecule has 3 aromatic rings. The standard InChI is InChI=1S/C17H15Cl2N3O4S/c1-25-13-4-2-3-12(8-13)17-21-16(26-22-17)9-20-27(23,24)10-11-5-6-14(18)15(19)7-11/h2-8,20H,9-10H2,1H3. The normalized spacial score (nSPS) is 11.5. The maximum atomic E-state index is 12.2. The molecule has 142 valence electrons. The van der Waals surface area contributed by atoms with E-state index >= 15 is 0 Å². The summed E-state index contributed by atoms with van der Waals surface area (Å²) in [5, 5.41) is 4.52. The van der Waals surface area contributed by atoms with Crippen molar-refractivity contribution in [2.75, 3.05) is 7.11 Å². The molecule has 0 bridgehead atoms. The van der Waals surface area contributed by atoms with Crippen LogP contribution in [0.3, 0.4) is 0 Å². The zero-order valence-corrected chi connectivity index (χ0v) is 16.5. The van der Waals surface area contributed by atoms with Gasteiger partial charge in [0.15, 0.2) is 0 Å². The van der Waals surface area contributed by atoms with Gasteiger partial charge in [0, 0.05) is 5.56 Å². The van der Waals surface area contributed by atoms with E-state index < -0.39 is 10.0 Å². The Morgan fingerprint density at radius 2 is 1.96 bits per heavy atom. The lowest BCUT2D eigenvalue weighted by molar-refractivity contribution is 0.376. The molecule has 1 aromatic heterocycles. The molecule has 0 aliphatic carbocycles. The number of rotatable bonds is 7. The van der Waals surface area contributed by atoms with E-state index in [9.17, 15) is 8.42 Å². The number of benzene rings is 2. The highest BCUT2D eigenvalue weighted by molar-refractivity contribution is 7.88. The molecule has 10 heteroatoms. The Bertz CT molecular complexity index is 1050. The van der Waals surface area contributed by atoms with Crippen LogP contribution in [-0.4, -0.2) is 25.7 Å². The molecule has 7 nitrogen and oxygen atoms in total. The van der Waals surface area contributed by atoms with Gasteiger partial charge in [-0.2, -0.15) is 4.98 Å². The number of hydrogen-bond acceptors (Lipinski definition) is 6. The minimum Gasteiger partial charge on any atom is -0.497 e. The van der Waals surface area contributed by atoms with E-state index in [0.29, 0.717) is 32.7 Å². The van der Waals surface area contributed by atoms with Crippen LogP contribution in [0, 0.1) is 0 Å². The molecule has 0 saturated heterocycles. The molecule has 0 atom stereocenters. The maximum absolute atomic E-state index is 12.2. The Morgan fingerprint density at radius 1 is 1.15 bits per heavy atom. The molecule has 2 aromatic carbocycles. The number of hydrogen-bond donors (Lipinski definition) is 1. The van der Waals surface area contributed by atoms with Gasteiger partial charge >= 0.3 is 0 Å². The molecule has 27 heavy (non-hydrogen) atoms. The molecule has 0 amide bonds. The topological polar surface area (TPSA) is 94.3 Å². The van der Waals surface area contributed by atoms with Crippen LogP contribution in [-0.2, 0) is 22.3 Å². The first-order valence-electron chi connectivity index (χ1n) is 7.74. The second-order valence-corrected chi connectivity index (χ2v) is 8.19. The van der Waals surface area contributed by atoms with Crippen LogP contribution in [0.15, 0.2) is 47.0 Å². The number of nitrogens with one attached hydrogen (secondary N) is 1. The highest BCUT2D eigenvalue weighted by atomic mass is 35.5. The van der Waals surface area contributed by atoms with E-state index in [4.69, 9.17) is 32.5 Å². The van der Waals surface area contributed by atoms with Crippen LogP contribution in [0.5, 0.6) is 5.75 Å². The molecule has 0 aliphatic rings. The Morgan fingerprint density at radius 3 is 2.70 bits per heavy atom. The van der Waals surface area contributed by atoms with Gasteiger partial charge in [-0.3, -0.25) is 0 Å². The van der Waals surface area contributed by atoms with Crippen molar-refractivity contribution in [3.05, 3.63) is 64.0 Å². The molecule has 3 rings (SSSR count). The fourth-order valence-electron chi connectivity index (χ4n) is 2.28. The molecule has 0 radical (unpaired) electrons. The number of ether oxygens (including phenoxy) is 1. The van der Waals surface area contributed by atoms with Gasteiger partial charge in [-0.15, -0.1) is 0 Å². The Kier molecular flexibility index (Phi) is 6.01. The lowest BCUT2D eigenvalue weighted by Gasteiger charge is -2.06. The van der Waals surface area contributed by atoms with Gasteiger partial charge in [-0.25, -0.2) is 13.1 Å². The molecule has 0 unspecified atom stereocenters. The average Bonchev–Trinajstić information content (AvgIpc) is 3.12. The number of halogens is 2. The smallest absolute Gasteiger partial charge is 0.242 e. The zero-order chi connectivity index (χ0) is 19.4. The third kappa shape index (κ3) is 5.20. The van der Waals surface area contributed by atoms with Gasteiger partial charge in [0.25, 0.3) is 0 Å². The van der Waals surface area contributed by atoms with Gasteiger partial charge in [0.1, 0.15) is 5.75 Å². The van der Waals surface area contributed by atoms with Gasteiger partial charge in [0.2, 0.25) is 21.7 Å². The van der Waals surface area contributed by atoms with Crippen molar-refractivity contribution in [1.82, 2.24) is 14.9 Å². The maximum Gasteiger partial charge on any atom is 0.242 e. The summed E-state index contributed by atoms with van der Waals surface area (Å²) in [4.78, 5) is 4.19. The van der Waals surface area contributed by atoms with Gasteiger partial charge < -0.3 is 9.26 Å². The van der Waals surface area contributed by atoms with Crippen LogP contribution in [0.4, 0.5) is 0 Å². The summed E-state index contributed by atoms with van der Waals surface area (Å²) in [5.74, 6) is 0.889. The van der Waals surface area contributed by atoms with Crippen molar-refractivity contribution < 1.29 is 17.7 Å². The van der Waals surface area contributed by atoms with Crippen LogP contribution in [0.1, 0.15) is 11.5 Å². The quantitative estimate of drug-likeness (QED) is 0.617. The van der Waals surface area contributed by atoms with Crippen molar-refractivity contribution in [2.24, 2.45) is 0 Å². The third-order valence-electron chi connectivity index (χ3n) is 3.58. The van der Waals surface area contributed by atoms with Crippen LogP contribution in [0.2, 0.25) is 10.0 Å². The summed E-state index contributed by atoms with van der Waals surface area (Å²) < 4.78 is 37.2. The molecule has 1 heterocycles. The van der Waals surface area contributed by atoms with Crippen molar-refractivity contribution in [1.29, 1.82) is 0 Å². The van der Waals surface area contributed by atoms with E-state index in [-0.39, 0.29) is 18.2 Å². The van der Waals surface area contributed by atoms with Gasteiger partial charge in [-0.1, -0.05) is 46.6 Å². The Hall–Kier alpha value is -2.13. The minimum atomic E-state index is -3.63. The molecule has 0 aliphatic heterocycles. The third-order valence-corrected chi connectivity index (χ3v) is 5.62. The summed E-state index contributed by atoms with van der Waals surface area (Å²) in [6, 6.07) is 11.8. The Balaban J connectivity index is 1.65. The average molecular weight is 428 g/mol. The summed E-state index contributed by atoms with van der Waals surface area (Å²) in [6.07, 6.45) is 0. The van der Waals surface area contributed by atoms with Crippen LogP contribution < -0.4 is 9.46 Å². The van der Waals surface area contributed by atoms with E-state index in [1.165, 1.54) is 6.07 Å². The van der Waals surface area contributed by atoms with Gasteiger partial charge in [-0.05, 0) is 29.8 Å². The summed E-state index contributed by atoms with van der Waals surface area (Å²) in [7, 11) is -2.07. The highest BCUT2D eigenvalue weighted by Gasteiger charge is 2.15. The number of aromatic nitrogens is 2. The van der Waals surface area contributed by atoms with Gasteiger partial charge in [0.05, 0.1) is 29.5 Å². The summed E-state index contributed by atoms with van der Waals surface area (Å²) in [5.41, 5.74) is 1.21. The first-order valence-corrected chi connectivity index (χ1v) is 10.2. The molecule has 1 N–H and O–H groups in total. The monoisotopic (exact) mass is 427 g/mol. The van der Waals surface area contributed by atoms with Crippen molar-refractivity contribution in [2.45, 2.75) is 12.3 Å². The van der Waals surface area contributed by atoms with Crippen molar-refractivity contribution in [3.8, 4) is 17.1 Å². The van der Waals surface area contributed by atoms with E-state index in [0.717, 1.165) is 0 Å².